The van der Waals surface area contributed by atoms with Crippen molar-refractivity contribution in [1.29, 1.82) is 0 Å². The van der Waals surface area contributed by atoms with Gasteiger partial charge in [0, 0.05) is 22.2 Å². The van der Waals surface area contributed by atoms with Gasteiger partial charge in [-0.2, -0.15) is 0 Å². The van der Waals surface area contributed by atoms with Gasteiger partial charge in [-0.1, -0.05) is 23.7 Å². The van der Waals surface area contributed by atoms with Crippen molar-refractivity contribution in [2.45, 2.75) is 12.6 Å². The molecule has 0 aliphatic carbocycles. The number of amides is 1. The number of hydrogen-bond acceptors (Lipinski definition) is 4. The molecular formula is C23H18ClN2O4+. The first-order valence-electron chi connectivity index (χ1n) is 9.34. The molecule has 6 nitrogen and oxygen atoms in total. The van der Waals surface area contributed by atoms with Crippen LogP contribution < -0.4 is 4.98 Å². The minimum absolute atomic E-state index is 0.0548. The average Bonchev–Trinajstić information content (AvgIpc) is 3.00. The Labute approximate surface area is 177 Å². The fourth-order valence-electron chi connectivity index (χ4n) is 3.72. The van der Waals surface area contributed by atoms with Crippen LogP contribution >= 0.6 is 11.6 Å². The lowest BCUT2D eigenvalue weighted by molar-refractivity contribution is -0.378. The minimum Gasteiger partial charge on any atom is -0.508 e. The molecule has 0 radical (unpaired) electrons. The number of aromatic nitrogens is 1. The molecule has 2 unspecified atom stereocenters. The summed E-state index contributed by atoms with van der Waals surface area (Å²) in [6.07, 6.45) is 3.48. The third kappa shape index (κ3) is 3.69. The van der Waals surface area contributed by atoms with Crippen molar-refractivity contribution in [1.82, 2.24) is 4.90 Å². The van der Waals surface area contributed by atoms with Crippen LogP contribution in [0.5, 0.6) is 5.75 Å². The van der Waals surface area contributed by atoms with Crippen molar-refractivity contribution in [3.63, 3.8) is 0 Å². The molecule has 4 rings (SSSR count). The molecular weight excluding hydrogens is 404 g/mol. The maximum absolute atomic E-state index is 13.3. The standard InChI is InChI=1S/C23H17ClN2O4/c24-17-7-3-16(4-8-17)21(28)19-20(15-5-9-18(27)10-6-15)26(23(30)22(19)29)13-14-2-1-11-25-12-14/h1-12,19-20,27H,13H2/p+1. The Balaban J connectivity index is 1.77. The molecule has 1 fully saturated rings. The van der Waals surface area contributed by atoms with Crippen molar-refractivity contribution in [2.75, 3.05) is 0 Å². The molecule has 0 saturated carbocycles. The first-order valence-corrected chi connectivity index (χ1v) is 9.72. The van der Waals surface area contributed by atoms with Gasteiger partial charge in [-0.3, -0.25) is 14.4 Å². The van der Waals surface area contributed by atoms with E-state index in [0.29, 0.717) is 16.1 Å². The third-order valence-electron chi connectivity index (χ3n) is 5.18. The van der Waals surface area contributed by atoms with Gasteiger partial charge in [-0.25, -0.2) is 4.98 Å². The van der Waals surface area contributed by atoms with Crippen molar-refractivity contribution >= 4 is 29.1 Å². The number of nitrogens with one attached hydrogen (secondary N) is 1. The zero-order chi connectivity index (χ0) is 21.3. The highest BCUT2D eigenvalue weighted by Gasteiger charge is 2.51. The highest BCUT2D eigenvalue weighted by atomic mass is 35.5. The van der Waals surface area contributed by atoms with Gasteiger partial charge in [-0.15, -0.1) is 0 Å². The van der Waals surface area contributed by atoms with E-state index in [9.17, 15) is 19.5 Å². The van der Waals surface area contributed by atoms with E-state index in [1.165, 1.54) is 17.0 Å². The smallest absolute Gasteiger partial charge is 0.291 e. The zero-order valence-corrected chi connectivity index (χ0v) is 16.5. The third-order valence-corrected chi connectivity index (χ3v) is 5.43. The molecule has 2 atom stereocenters. The fourth-order valence-corrected chi connectivity index (χ4v) is 3.85. The number of carbonyl (C=O) groups is 3. The number of carbonyl (C=O) groups excluding carboxylic acids is 3. The molecule has 3 aromatic rings. The van der Waals surface area contributed by atoms with Crippen molar-refractivity contribution in [2.24, 2.45) is 5.92 Å². The van der Waals surface area contributed by atoms with Crippen molar-refractivity contribution < 1.29 is 24.5 Å². The Bertz CT molecular complexity index is 1100. The van der Waals surface area contributed by atoms with Gasteiger partial charge >= 0.3 is 0 Å². The molecule has 1 amide bonds. The number of Topliss-reactive ketones (excluding diaryl/α,β-unsaturated/α-hetero) is 2. The summed E-state index contributed by atoms with van der Waals surface area (Å²) in [5, 5.41) is 10.1. The summed E-state index contributed by atoms with van der Waals surface area (Å²) in [5.74, 6) is -3.02. The van der Waals surface area contributed by atoms with E-state index in [4.69, 9.17) is 11.6 Å². The number of aromatic amines is 1. The lowest BCUT2D eigenvalue weighted by Gasteiger charge is -2.27. The highest BCUT2D eigenvalue weighted by molar-refractivity contribution is 6.44. The van der Waals surface area contributed by atoms with Gasteiger partial charge in [-0.05, 0) is 48.0 Å². The summed E-state index contributed by atoms with van der Waals surface area (Å²) in [5.41, 5.74) is 1.70. The molecule has 0 spiro atoms. The summed E-state index contributed by atoms with van der Waals surface area (Å²) < 4.78 is 0. The van der Waals surface area contributed by atoms with E-state index in [1.54, 1.807) is 54.9 Å². The predicted molar refractivity (Wildman–Crippen MR) is 109 cm³/mol. The Kier molecular flexibility index (Phi) is 5.33. The Morgan fingerprint density at radius 1 is 1.03 bits per heavy atom. The van der Waals surface area contributed by atoms with Crippen LogP contribution in [0.2, 0.25) is 5.02 Å². The molecule has 0 bridgehead atoms. The van der Waals surface area contributed by atoms with Crippen LogP contribution in [0.1, 0.15) is 27.5 Å². The second-order valence-electron chi connectivity index (χ2n) is 7.09. The first-order chi connectivity index (χ1) is 14.5. The van der Waals surface area contributed by atoms with E-state index in [-0.39, 0.29) is 12.3 Å². The number of hydrogen-bond donors (Lipinski definition) is 1. The number of rotatable bonds is 5. The molecule has 1 aromatic heterocycles. The number of halogens is 1. The molecule has 1 saturated heterocycles. The first kappa shape index (κ1) is 19.8. The summed E-state index contributed by atoms with van der Waals surface area (Å²) in [4.78, 5) is 43.5. The number of phenols is 1. The molecule has 7 heteroatoms. The predicted octanol–water partition coefficient (Wildman–Crippen LogP) is 3.01. The van der Waals surface area contributed by atoms with Gasteiger partial charge < -0.3 is 10.0 Å². The molecule has 2 N–H and O–H groups in total. The summed E-state index contributed by atoms with van der Waals surface area (Å²) in [6, 6.07) is 15.3. The van der Waals surface area contributed by atoms with E-state index < -0.39 is 29.4 Å². The normalized spacial score (nSPS) is 18.6. The Hall–Kier alpha value is -3.51. The second kappa shape index (κ2) is 8.08. The van der Waals surface area contributed by atoms with Gasteiger partial charge in [0.25, 0.3) is 5.91 Å². The summed E-state index contributed by atoms with van der Waals surface area (Å²) in [6.45, 7) is 0.165. The largest absolute Gasteiger partial charge is 0.508 e. The van der Waals surface area contributed by atoms with Crippen LogP contribution in [0.3, 0.4) is 0 Å². The molecule has 2 heterocycles. The van der Waals surface area contributed by atoms with Gasteiger partial charge in [0.2, 0.25) is 5.78 Å². The number of pyridine rings is 1. The van der Waals surface area contributed by atoms with Crippen LogP contribution in [-0.2, 0) is 16.1 Å². The lowest BCUT2D eigenvalue weighted by Crippen LogP contribution is -2.30. The highest BCUT2D eigenvalue weighted by Crippen LogP contribution is 2.39. The molecule has 1 aliphatic heterocycles. The maximum Gasteiger partial charge on any atom is 0.291 e. The molecule has 2 aromatic carbocycles. The fraction of sp³-hybridized carbons (Fsp3) is 0.130. The average molecular weight is 422 g/mol. The van der Waals surface area contributed by atoms with Crippen LogP contribution in [0.25, 0.3) is 0 Å². The van der Waals surface area contributed by atoms with Crippen LogP contribution in [0.15, 0.2) is 73.1 Å². The summed E-state index contributed by atoms with van der Waals surface area (Å²) >= 11 is 5.91. The van der Waals surface area contributed by atoms with E-state index in [0.717, 1.165) is 5.56 Å². The SMILES string of the molecule is O=C1C(=O)N(Cc2ccc[nH+]c2)C(c2ccc(O)cc2)C1C(=O)c1ccc(Cl)cc1. The van der Waals surface area contributed by atoms with E-state index in [2.05, 4.69) is 4.98 Å². The lowest BCUT2D eigenvalue weighted by atomic mass is 9.86. The Morgan fingerprint density at radius 3 is 2.37 bits per heavy atom. The van der Waals surface area contributed by atoms with Crippen LogP contribution in [0, 0.1) is 5.92 Å². The minimum atomic E-state index is -1.18. The molecule has 150 valence electrons. The van der Waals surface area contributed by atoms with E-state index in [1.807, 2.05) is 6.07 Å². The Morgan fingerprint density at radius 2 is 1.73 bits per heavy atom. The van der Waals surface area contributed by atoms with Crippen molar-refractivity contribution in [3.05, 3.63) is 94.8 Å². The number of aromatic hydroxyl groups is 1. The number of ketones is 2. The molecule has 1 aliphatic rings. The van der Waals surface area contributed by atoms with Crippen LogP contribution in [-0.4, -0.2) is 27.5 Å². The van der Waals surface area contributed by atoms with E-state index >= 15 is 0 Å². The quantitative estimate of drug-likeness (QED) is 0.389. The summed E-state index contributed by atoms with van der Waals surface area (Å²) in [7, 11) is 0. The van der Waals surface area contributed by atoms with Crippen molar-refractivity contribution in [3.8, 4) is 5.75 Å². The number of benzene rings is 2. The van der Waals surface area contributed by atoms with Gasteiger partial charge in [0.05, 0.1) is 12.6 Å². The van der Waals surface area contributed by atoms with Crippen LogP contribution in [0.4, 0.5) is 0 Å². The monoisotopic (exact) mass is 421 g/mol. The van der Waals surface area contributed by atoms with Gasteiger partial charge in [0.15, 0.2) is 18.2 Å². The maximum atomic E-state index is 13.3. The molecule has 30 heavy (non-hydrogen) atoms. The topological polar surface area (TPSA) is 88.8 Å². The second-order valence-corrected chi connectivity index (χ2v) is 7.53. The van der Waals surface area contributed by atoms with Gasteiger partial charge in [0.1, 0.15) is 11.7 Å². The number of nitrogens with zero attached hydrogens (tertiary/aromatic N) is 1. The zero-order valence-electron chi connectivity index (χ0n) is 15.8. The number of H-pyrrole nitrogens is 1. The number of phenolic OH excluding ortho intramolecular Hbond substituents is 1. The number of likely N-dealkylation sites (tertiary alicyclic amines) is 1.